The zero-order valence-corrected chi connectivity index (χ0v) is 14.0. The van der Waals surface area contributed by atoms with Crippen LogP contribution in [0.4, 0.5) is 4.39 Å². The van der Waals surface area contributed by atoms with Crippen molar-refractivity contribution in [3.8, 4) is 0 Å². The smallest absolute Gasteiger partial charge is 0.234 e. The summed E-state index contributed by atoms with van der Waals surface area (Å²) in [6.45, 7) is 1.97. The van der Waals surface area contributed by atoms with Gasteiger partial charge in [0, 0.05) is 37.6 Å². The number of carbonyl (C=O) groups excluding carboxylic acids is 1. The van der Waals surface area contributed by atoms with Crippen molar-refractivity contribution in [3.63, 3.8) is 0 Å². The second-order valence-electron chi connectivity index (χ2n) is 6.45. The second kappa shape index (κ2) is 7.72. The number of carbonyl (C=O) groups is 1. The number of nitrogens with zero attached hydrogens (tertiary/aromatic N) is 2. The number of aromatic nitrogens is 1. The first kappa shape index (κ1) is 17.5. The Labute approximate surface area is 146 Å². The maximum absolute atomic E-state index is 12.9. The summed E-state index contributed by atoms with van der Waals surface area (Å²) in [4.78, 5) is 18.2. The molecule has 1 fully saturated rings. The fraction of sp³-hybridized carbons (Fsp3) is 0.368. The quantitative estimate of drug-likeness (QED) is 0.869. The highest BCUT2D eigenvalue weighted by Gasteiger charge is 2.34. The number of likely N-dealkylation sites (tertiary alicyclic amines) is 1. The molecule has 1 aliphatic heterocycles. The van der Waals surface area contributed by atoms with E-state index in [4.69, 9.17) is 0 Å². The van der Waals surface area contributed by atoms with Gasteiger partial charge in [0.15, 0.2) is 0 Å². The van der Waals surface area contributed by atoms with Gasteiger partial charge < -0.3 is 10.4 Å². The SMILES string of the molecule is O=C(CN1CCC(O)(c2cccnc2)CC1)NCc1ccc(F)cc1. The first-order chi connectivity index (χ1) is 12.0. The lowest BCUT2D eigenvalue weighted by atomic mass is 9.85. The second-order valence-corrected chi connectivity index (χ2v) is 6.45. The summed E-state index contributed by atoms with van der Waals surface area (Å²) in [5, 5.41) is 13.6. The molecule has 25 heavy (non-hydrogen) atoms. The molecule has 1 aromatic carbocycles. The number of amides is 1. The average molecular weight is 343 g/mol. The molecule has 6 heteroatoms. The molecule has 5 nitrogen and oxygen atoms in total. The van der Waals surface area contributed by atoms with Crippen molar-refractivity contribution >= 4 is 5.91 Å². The van der Waals surface area contributed by atoms with E-state index in [0.29, 0.717) is 39.0 Å². The molecular weight excluding hydrogens is 321 g/mol. The summed E-state index contributed by atoms with van der Waals surface area (Å²) in [7, 11) is 0. The van der Waals surface area contributed by atoms with Crippen LogP contribution in [-0.4, -0.2) is 40.5 Å². The van der Waals surface area contributed by atoms with Crippen LogP contribution in [0.3, 0.4) is 0 Å². The summed E-state index contributed by atoms with van der Waals surface area (Å²) in [6.07, 6.45) is 4.53. The van der Waals surface area contributed by atoms with Crippen molar-refractivity contribution in [2.24, 2.45) is 0 Å². The Morgan fingerprint density at radius 2 is 1.96 bits per heavy atom. The van der Waals surface area contributed by atoms with E-state index in [1.165, 1.54) is 12.1 Å². The molecule has 0 atom stereocenters. The van der Waals surface area contributed by atoms with Crippen molar-refractivity contribution < 1.29 is 14.3 Å². The molecule has 2 aromatic rings. The molecule has 1 saturated heterocycles. The highest BCUT2D eigenvalue weighted by molar-refractivity contribution is 5.78. The number of benzene rings is 1. The highest BCUT2D eigenvalue weighted by atomic mass is 19.1. The van der Waals surface area contributed by atoms with Gasteiger partial charge in [-0.05, 0) is 36.6 Å². The van der Waals surface area contributed by atoms with Crippen LogP contribution in [0.15, 0.2) is 48.8 Å². The molecule has 0 unspecified atom stereocenters. The number of hydrogen-bond acceptors (Lipinski definition) is 4. The Morgan fingerprint density at radius 3 is 2.60 bits per heavy atom. The Kier molecular flexibility index (Phi) is 5.40. The maximum Gasteiger partial charge on any atom is 0.234 e. The van der Waals surface area contributed by atoms with Crippen LogP contribution >= 0.6 is 0 Å². The Hall–Kier alpha value is -2.31. The van der Waals surface area contributed by atoms with Gasteiger partial charge in [-0.25, -0.2) is 4.39 Å². The van der Waals surface area contributed by atoms with Crippen LogP contribution < -0.4 is 5.32 Å². The number of aliphatic hydroxyl groups is 1. The molecule has 2 N–H and O–H groups in total. The van der Waals surface area contributed by atoms with Crippen molar-refractivity contribution in [1.29, 1.82) is 0 Å². The van der Waals surface area contributed by atoms with E-state index >= 15 is 0 Å². The first-order valence-corrected chi connectivity index (χ1v) is 8.41. The number of rotatable bonds is 5. The molecule has 1 aliphatic rings. The van der Waals surface area contributed by atoms with E-state index in [1.54, 1.807) is 24.5 Å². The molecule has 0 bridgehead atoms. The highest BCUT2D eigenvalue weighted by Crippen LogP contribution is 2.31. The van der Waals surface area contributed by atoms with Crippen molar-refractivity contribution in [1.82, 2.24) is 15.2 Å². The van der Waals surface area contributed by atoms with Gasteiger partial charge in [0.05, 0.1) is 12.1 Å². The minimum Gasteiger partial charge on any atom is -0.385 e. The third-order valence-electron chi connectivity index (χ3n) is 4.65. The Morgan fingerprint density at radius 1 is 1.24 bits per heavy atom. The fourth-order valence-corrected chi connectivity index (χ4v) is 3.07. The first-order valence-electron chi connectivity index (χ1n) is 8.41. The topological polar surface area (TPSA) is 65.5 Å². The average Bonchev–Trinajstić information content (AvgIpc) is 2.64. The lowest BCUT2D eigenvalue weighted by Crippen LogP contribution is -2.46. The van der Waals surface area contributed by atoms with E-state index in [2.05, 4.69) is 10.3 Å². The Balaban J connectivity index is 1.45. The van der Waals surface area contributed by atoms with Crippen molar-refractivity contribution in [2.45, 2.75) is 25.0 Å². The molecule has 0 aliphatic carbocycles. The molecule has 0 radical (unpaired) electrons. The summed E-state index contributed by atoms with van der Waals surface area (Å²) >= 11 is 0. The van der Waals surface area contributed by atoms with Crippen LogP contribution in [-0.2, 0) is 16.9 Å². The predicted molar refractivity (Wildman–Crippen MR) is 92.1 cm³/mol. The standard InChI is InChI=1S/C19H22FN3O2/c20-17-5-3-15(4-6-17)12-22-18(24)14-23-10-7-19(25,8-11-23)16-2-1-9-21-13-16/h1-6,9,13,25H,7-8,10-12,14H2,(H,22,24). The van der Waals surface area contributed by atoms with Gasteiger partial charge in [-0.2, -0.15) is 0 Å². The minimum atomic E-state index is -0.866. The largest absolute Gasteiger partial charge is 0.385 e. The summed E-state index contributed by atoms with van der Waals surface area (Å²) in [6, 6.07) is 9.78. The normalized spacial score (nSPS) is 17.2. The molecule has 132 valence electrons. The third-order valence-corrected chi connectivity index (χ3v) is 4.65. The van der Waals surface area contributed by atoms with Crippen LogP contribution in [0, 0.1) is 5.82 Å². The van der Waals surface area contributed by atoms with Crippen LogP contribution in [0.2, 0.25) is 0 Å². The summed E-state index contributed by atoms with van der Waals surface area (Å²) in [5.74, 6) is -0.361. The molecule has 0 saturated carbocycles. The van der Waals surface area contributed by atoms with Gasteiger partial charge in [-0.15, -0.1) is 0 Å². The zero-order chi connectivity index (χ0) is 17.7. The van der Waals surface area contributed by atoms with Gasteiger partial charge in [-0.1, -0.05) is 18.2 Å². The third kappa shape index (κ3) is 4.61. The summed E-state index contributed by atoms with van der Waals surface area (Å²) in [5.41, 5.74) is 0.824. The lowest BCUT2D eigenvalue weighted by molar-refractivity contribution is -0.123. The van der Waals surface area contributed by atoms with Gasteiger partial charge in [0.25, 0.3) is 0 Å². The van der Waals surface area contributed by atoms with E-state index in [1.807, 2.05) is 17.0 Å². The van der Waals surface area contributed by atoms with Crippen LogP contribution in [0.5, 0.6) is 0 Å². The minimum absolute atomic E-state index is 0.0730. The Bertz CT molecular complexity index is 698. The van der Waals surface area contributed by atoms with Gasteiger partial charge in [0.2, 0.25) is 5.91 Å². The number of nitrogens with one attached hydrogen (secondary N) is 1. The number of hydrogen-bond donors (Lipinski definition) is 2. The number of pyridine rings is 1. The number of piperidine rings is 1. The summed E-state index contributed by atoms with van der Waals surface area (Å²) < 4.78 is 12.9. The van der Waals surface area contributed by atoms with Crippen LogP contribution in [0.1, 0.15) is 24.0 Å². The molecule has 1 aromatic heterocycles. The molecule has 0 spiro atoms. The van der Waals surface area contributed by atoms with E-state index in [9.17, 15) is 14.3 Å². The van der Waals surface area contributed by atoms with E-state index in [-0.39, 0.29) is 11.7 Å². The van der Waals surface area contributed by atoms with Gasteiger partial charge in [-0.3, -0.25) is 14.7 Å². The zero-order valence-electron chi connectivity index (χ0n) is 14.0. The molecule has 1 amide bonds. The van der Waals surface area contributed by atoms with Crippen molar-refractivity contribution in [3.05, 3.63) is 65.7 Å². The van der Waals surface area contributed by atoms with Gasteiger partial charge in [0.1, 0.15) is 5.82 Å². The molecule has 2 heterocycles. The van der Waals surface area contributed by atoms with Crippen LogP contribution in [0.25, 0.3) is 0 Å². The van der Waals surface area contributed by atoms with E-state index in [0.717, 1.165) is 11.1 Å². The lowest BCUT2D eigenvalue weighted by Gasteiger charge is -2.38. The molecular formula is C19H22FN3O2. The fourth-order valence-electron chi connectivity index (χ4n) is 3.07. The number of halogens is 1. The van der Waals surface area contributed by atoms with Crippen molar-refractivity contribution in [2.75, 3.05) is 19.6 Å². The maximum atomic E-state index is 12.9. The molecule has 3 rings (SSSR count). The van der Waals surface area contributed by atoms with Gasteiger partial charge >= 0.3 is 0 Å². The van der Waals surface area contributed by atoms with E-state index < -0.39 is 5.60 Å². The predicted octanol–water partition coefficient (Wildman–Crippen LogP) is 1.82. The monoisotopic (exact) mass is 343 g/mol.